The molecule has 2 aromatic heterocycles. The molecule has 7 heteroatoms. The number of anilines is 2. The van der Waals surface area contributed by atoms with Gasteiger partial charge in [-0.3, -0.25) is 9.48 Å². The van der Waals surface area contributed by atoms with Crippen LogP contribution in [0.2, 0.25) is 0 Å². The maximum absolute atomic E-state index is 11.0. The van der Waals surface area contributed by atoms with E-state index in [1.165, 1.54) is 6.92 Å². The molecule has 1 amide bonds. The summed E-state index contributed by atoms with van der Waals surface area (Å²) in [5.41, 5.74) is 1.43. The molecule has 0 bridgehead atoms. The molecular weight excluding hydrogens is 280 g/mol. The Bertz CT molecular complexity index is 714. The molecule has 0 unspecified atom stereocenters. The molecule has 112 valence electrons. The molecule has 1 aliphatic rings. The average Bonchev–Trinajstić information content (AvgIpc) is 3.15. The van der Waals surface area contributed by atoms with Gasteiger partial charge in [0, 0.05) is 32.3 Å². The van der Waals surface area contributed by atoms with Crippen LogP contribution in [0.5, 0.6) is 0 Å². The van der Waals surface area contributed by atoms with Crippen LogP contribution in [0.4, 0.5) is 11.5 Å². The lowest BCUT2D eigenvalue weighted by Crippen LogP contribution is -2.21. The van der Waals surface area contributed by atoms with Gasteiger partial charge in [0.05, 0.1) is 17.9 Å². The Labute approximate surface area is 128 Å². The molecule has 0 aromatic carbocycles. The van der Waals surface area contributed by atoms with Gasteiger partial charge in [-0.1, -0.05) is 0 Å². The molecule has 1 saturated heterocycles. The summed E-state index contributed by atoms with van der Waals surface area (Å²) < 4.78 is 1.89. The smallest absolute Gasteiger partial charge is 0.222 e. The fraction of sp³-hybridized carbons (Fsp3) is 0.333. The van der Waals surface area contributed by atoms with Gasteiger partial charge in [-0.05, 0) is 18.6 Å². The topological polar surface area (TPSA) is 86.8 Å². The van der Waals surface area contributed by atoms with Crippen molar-refractivity contribution in [2.24, 2.45) is 0 Å². The van der Waals surface area contributed by atoms with E-state index in [1.54, 1.807) is 18.3 Å². The standard InChI is InChI=1S/C15H16N6O/c1-11(22)18-15-5-7-21(19-15)14-4-6-20(10-14)13-3-2-12(8-16)17-9-13/h2-3,5,7,9,14H,4,6,10H2,1H3,(H,18,19,22)/t14-/m0/s1. The van der Waals surface area contributed by atoms with Crippen LogP contribution >= 0.6 is 0 Å². The van der Waals surface area contributed by atoms with Crippen LogP contribution in [0.15, 0.2) is 30.6 Å². The highest BCUT2D eigenvalue weighted by Crippen LogP contribution is 2.26. The van der Waals surface area contributed by atoms with Crippen molar-refractivity contribution >= 4 is 17.4 Å². The van der Waals surface area contributed by atoms with E-state index < -0.39 is 0 Å². The Morgan fingerprint density at radius 1 is 1.45 bits per heavy atom. The average molecular weight is 296 g/mol. The van der Waals surface area contributed by atoms with Gasteiger partial charge in [0.2, 0.25) is 5.91 Å². The molecule has 7 nitrogen and oxygen atoms in total. The number of nitrogens with zero attached hydrogens (tertiary/aromatic N) is 5. The Morgan fingerprint density at radius 3 is 3.00 bits per heavy atom. The summed E-state index contributed by atoms with van der Waals surface area (Å²) >= 11 is 0. The largest absolute Gasteiger partial charge is 0.368 e. The van der Waals surface area contributed by atoms with Gasteiger partial charge in [0.25, 0.3) is 0 Å². The fourth-order valence-corrected chi connectivity index (χ4v) is 2.62. The number of carbonyl (C=O) groups is 1. The van der Waals surface area contributed by atoms with Crippen molar-refractivity contribution in [3.63, 3.8) is 0 Å². The third-order valence-corrected chi connectivity index (χ3v) is 3.68. The zero-order chi connectivity index (χ0) is 15.5. The minimum atomic E-state index is -0.123. The van der Waals surface area contributed by atoms with Crippen LogP contribution in [0.1, 0.15) is 25.1 Å². The normalized spacial score (nSPS) is 17.3. The van der Waals surface area contributed by atoms with Crippen LogP contribution in [-0.2, 0) is 4.79 Å². The lowest BCUT2D eigenvalue weighted by molar-refractivity contribution is -0.114. The molecule has 1 atom stereocenters. The first-order valence-electron chi connectivity index (χ1n) is 7.09. The van der Waals surface area contributed by atoms with Crippen molar-refractivity contribution < 1.29 is 4.79 Å². The van der Waals surface area contributed by atoms with Crippen LogP contribution in [0.25, 0.3) is 0 Å². The quantitative estimate of drug-likeness (QED) is 0.928. The number of hydrogen-bond acceptors (Lipinski definition) is 5. The molecule has 0 spiro atoms. The van der Waals surface area contributed by atoms with Gasteiger partial charge in [-0.25, -0.2) is 4.98 Å². The van der Waals surface area contributed by atoms with E-state index in [-0.39, 0.29) is 11.9 Å². The molecule has 22 heavy (non-hydrogen) atoms. The predicted octanol–water partition coefficient (Wildman–Crippen LogP) is 1.56. The van der Waals surface area contributed by atoms with E-state index in [4.69, 9.17) is 5.26 Å². The highest BCUT2D eigenvalue weighted by molar-refractivity contribution is 5.87. The second-order valence-electron chi connectivity index (χ2n) is 5.26. The molecule has 1 N–H and O–H groups in total. The van der Waals surface area contributed by atoms with Gasteiger partial charge in [0.15, 0.2) is 5.82 Å². The number of nitriles is 1. The van der Waals surface area contributed by atoms with Gasteiger partial charge in [0.1, 0.15) is 11.8 Å². The number of rotatable bonds is 3. The van der Waals surface area contributed by atoms with Crippen molar-refractivity contribution in [2.75, 3.05) is 23.3 Å². The highest BCUT2D eigenvalue weighted by atomic mass is 16.1. The second kappa shape index (κ2) is 5.85. The maximum Gasteiger partial charge on any atom is 0.222 e. The number of nitrogens with one attached hydrogen (secondary N) is 1. The van der Waals surface area contributed by atoms with Crippen LogP contribution < -0.4 is 10.2 Å². The first kappa shape index (κ1) is 14.1. The number of pyridine rings is 1. The zero-order valence-corrected chi connectivity index (χ0v) is 12.2. The van der Waals surface area contributed by atoms with Gasteiger partial charge in [-0.15, -0.1) is 0 Å². The molecule has 1 fully saturated rings. The summed E-state index contributed by atoms with van der Waals surface area (Å²) in [7, 11) is 0. The number of carbonyl (C=O) groups excluding carboxylic acids is 1. The van der Waals surface area contributed by atoms with E-state index in [2.05, 4.69) is 20.3 Å². The summed E-state index contributed by atoms with van der Waals surface area (Å²) in [5.74, 6) is 0.452. The van der Waals surface area contributed by atoms with Gasteiger partial charge < -0.3 is 10.2 Å². The Balaban J connectivity index is 1.67. The minimum Gasteiger partial charge on any atom is -0.368 e. The SMILES string of the molecule is CC(=O)Nc1ccn([C@H]2CCN(c3ccc(C#N)nc3)C2)n1. The van der Waals surface area contributed by atoms with Crippen molar-refractivity contribution in [2.45, 2.75) is 19.4 Å². The first-order chi connectivity index (χ1) is 10.7. The van der Waals surface area contributed by atoms with E-state index in [1.807, 2.05) is 23.0 Å². The number of hydrogen-bond donors (Lipinski definition) is 1. The summed E-state index contributed by atoms with van der Waals surface area (Å²) in [6.45, 7) is 3.20. The lowest BCUT2D eigenvalue weighted by atomic mass is 10.3. The molecule has 3 heterocycles. The van der Waals surface area contributed by atoms with E-state index in [0.717, 1.165) is 25.2 Å². The van der Waals surface area contributed by atoms with Gasteiger partial charge >= 0.3 is 0 Å². The zero-order valence-electron chi connectivity index (χ0n) is 12.2. The van der Waals surface area contributed by atoms with Crippen molar-refractivity contribution in [1.29, 1.82) is 5.26 Å². The summed E-state index contributed by atoms with van der Waals surface area (Å²) in [6.07, 6.45) is 4.59. The molecular formula is C15H16N6O. The van der Waals surface area contributed by atoms with E-state index in [9.17, 15) is 4.79 Å². The Hall–Kier alpha value is -2.88. The Morgan fingerprint density at radius 2 is 2.32 bits per heavy atom. The summed E-state index contributed by atoms with van der Waals surface area (Å²) in [4.78, 5) is 17.4. The minimum absolute atomic E-state index is 0.123. The van der Waals surface area contributed by atoms with Crippen molar-refractivity contribution in [3.05, 3.63) is 36.3 Å². The monoisotopic (exact) mass is 296 g/mol. The molecule has 1 aliphatic heterocycles. The lowest BCUT2D eigenvalue weighted by Gasteiger charge is -2.18. The summed E-state index contributed by atoms with van der Waals surface area (Å²) in [6, 6.07) is 7.72. The van der Waals surface area contributed by atoms with E-state index >= 15 is 0 Å². The Kier molecular flexibility index (Phi) is 3.74. The third-order valence-electron chi connectivity index (χ3n) is 3.68. The molecule has 3 rings (SSSR count). The maximum atomic E-state index is 11.0. The second-order valence-corrected chi connectivity index (χ2v) is 5.26. The van der Waals surface area contributed by atoms with Crippen molar-refractivity contribution in [1.82, 2.24) is 14.8 Å². The number of amides is 1. The number of aromatic nitrogens is 3. The first-order valence-corrected chi connectivity index (χ1v) is 7.09. The molecule has 0 saturated carbocycles. The third kappa shape index (κ3) is 2.91. The van der Waals surface area contributed by atoms with Gasteiger partial charge in [-0.2, -0.15) is 10.4 Å². The fourth-order valence-electron chi connectivity index (χ4n) is 2.62. The molecule has 0 aliphatic carbocycles. The molecule has 0 radical (unpaired) electrons. The summed E-state index contributed by atoms with van der Waals surface area (Å²) in [5, 5.41) is 15.8. The molecule has 2 aromatic rings. The van der Waals surface area contributed by atoms with Crippen LogP contribution in [0.3, 0.4) is 0 Å². The predicted molar refractivity (Wildman–Crippen MR) is 81.3 cm³/mol. The van der Waals surface area contributed by atoms with Crippen LogP contribution in [-0.4, -0.2) is 33.8 Å². The highest BCUT2D eigenvalue weighted by Gasteiger charge is 2.25. The van der Waals surface area contributed by atoms with Crippen molar-refractivity contribution in [3.8, 4) is 6.07 Å². The van der Waals surface area contributed by atoms with E-state index in [0.29, 0.717) is 11.5 Å². The van der Waals surface area contributed by atoms with Crippen LogP contribution in [0, 0.1) is 11.3 Å².